The number of benzene rings is 2. The van der Waals surface area contributed by atoms with Gasteiger partial charge in [-0.3, -0.25) is 9.59 Å². The molecule has 2 aromatic rings. The number of hydrogen-bond donors (Lipinski definition) is 1. The summed E-state index contributed by atoms with van der Waals surface area (Å²) in [5.74, 6) is 1.31. The van der Waals surface area contributed by atoms with Crippen LogP contribution in [-0.4, -0.2) is 48.6 Å². The maximum atomic E-state index is 13.5. The zero-order valence-electron chi connectivity index (χ0n) is 22.0. The highest BCUT2D eigenvalue weighted by molar-refractivity contribution is 5.88. The topological polar surface area (TPSA) is 67.9 Å². The second-order valence-electron chi connectivity index (χ2n) is 8.71. The van der Waals surface area contributed by atoms with Gasteiger partial charge in [-0.1, -0.05) is 50.2 Å². The van der Waals surface area contributed by atoms with Crippen LogP contribution in [0.15, 0.2) is 48.5 Å². The third-order valence-electron chi connectivity index (χ3n) is 6.11. The Labute approximate surface area is 211 Å². The van der Waals surface area contributed by atoms with Gasteiger partial charge in [-0.05, 0) is 69.7 Å². The van der Waals surface area contributed by atoms with Crippen molar-refractivity contribution in [3.8, 4) is 11.5 Å². The number of nitrogens with one attached hydrogen (secondary N) is 1. The predicted molar refractivity (Wildman–Crippen MR) is 141 cm³/mol. The highest BCUT2D eigenvalue weighted by Gasteiger charge is 2.28. The average Bonchev–Trinajstić information content (AvgIpc) is 2.87. The number of rotatable bonds is 15. The maximum Gasteiger partial charge on any atom is 0.243 e. The normalized spacial score (nSPS) is 12.5. The minimum absolute atomic E-state index is 0.0149. The van der Waals surface area contributed by atoms with Crippen molar-refractivity contribution in [3.05, 3.63) is 59.7 Å². The molecule has 0 bridgehead atoms. The minimum Gasteiger partial charge on any atom is -0.490 e. The number of hydrogen-bond acceptors (Lipinski definition) is 4. The molecule has 0 saturated carbocycles. The molecule has 1 N–H and O–H groups in total. The van der Waals surface area contributed by atoms with Crippen LogP contribution in [-0.2, 0) is 22.4 Å². The van der Waals surface area contributed by atoms with Crippen molar-refractivity contribution >= 4 is 11.8 Å². The number of aryl methyl sites for hydroxylation is 1. The van der Waals surface area contributed by atoms with Crippen molar-refractivity contribution in [2.75, 3.05) is 19.8 Å². The van der Waals surface area contributed by atoms with E-state index in [0.29, 0.717) is 56.9 Å². The van der Waals surface area contributed by atoms with Gasteiger partial charge in [-0.2, -0.15) is 0 Å². The first-order valence-corrected chi connectivity index (χ1v) is 13.0. The Morgan fingerprint density at radius 3 is 2.17 bits per heavy atom. The lowest BCUT2D eigenvalue weighted by atomic mass is 10.0. The number of amides is 2. The molecule has 6 heteroatoms. The summed E-state index contributed by atoms with van der Waals surface area (Å²) >= 11 is 0. The molecule has 2 amide bonds. The summed E-state index contributed by atoms with van der Waals surface area (Å²) in [6.07, 6.45) is 3.01. The first-order valence-electron chi connectivity index (χ1n) is 13.0. The zero-order valence-corrected chi connectivity index (χ0v) is 22.0. The quantitative estimate of drug-likeness (QED) is 0.380. The third-order valence-corrected chi connectivity index (χ3v) is 6.11. The molecule has 2 atom stereocenters. The van der Waals surface area contributed by atoms with Gasteiger partial charge >= 0.3 is 0 Å². The molecule has 0 aliphatic carbocycles. The number of ether oxygens (including phenoxy) is 2. The highest BCUT2D eigenvalue weighted by atomic mass is 16.5. The molecule has 0 heterocycles. The highest BCUT2D eigenvalue weighted by Crippen LogP contribution is 2.29. The monoisotopic (exact) mass is 482 g/mol. The Kier molecular flexibility index (Phi) is 12.2. The summed E-state index contributed by atoms with van der Waals surface area (Å²) in [5.41, 5.74) is 2.15. The zero-order chi connectivity index (χ0) is 25.6. The van der Waals surface area contributed by atoms with Crippen LogP contribution in [0.3, 0.4) is 0 Å². The van der Waals surface area contributed by atoms with Crippen molar-refractivity contribution < 1.29 is 19.1 Å². The van der Waals surface area contributed by atoms with Crippen LogP contribution in [0.4, 0.5) is 0 Å². The van der Waals surface area contributed by atoms with E-state index in [-0.39, 0.29) is 17.9 Å². The fraction of sp³-hybridized carbons (Fsp3) is 0.517. The van der Waals surface area contributed by atoms with Crippen LogP contribution in [0.25, 0.3) is 0 Å². The molecule has 192 valence electrons. The summed E-state index contributed by atoms with van der Waals surface area (Å²) in [4.78, 5) is 28.3. The van der Waals surface area contributed by atoms with E-state index < -0.39 is 6.04 Å². The Morgan fingerprint density at radius 1 is 0.857 bits per heavy atom. The van der Waals surface area contributed by atoms with Crippen LogP contribution in [0.2, 0.25) is 0 Å². The molecule has 0 fully saturated rings. The summed E-state index contributed by atoms with van der Waals surface area (Å²) in [6, 6.07) is 15.5. The van der Waals surface area contributed by atoms with E-state index in [1.807, 2.05) is 71.0 Å². The molecular weight excluding hydrogens is 440 g/mol. The van der Waals surface area contributed by atoms with Crippen LogP contribution < -0.4 is 14.8 Å². The molecule has 0 aromatic heterocycles. The lowest BCUT2D eigenvalue weighted by Crippen LogP contribution is -2.51. The molecule has 0 aliphatic rings. The van der Waals surface area contributed by atoms with E-state index in [1.54, 1.807) is 4.90 Å². The molecule has 0 radical (unpaired) electrons. The van der Waals surface area contributed by atoms with E-state index in [2.05, 4.69) is 17.4 Å². The summed E-state index contributed by atoms with van der Waals surface area (Å²) in [5, 5.41) is 3.06. The van der Waals surface area contributed by atoms with Crippen molar-refractivity contribution in [1.82, 2.24) is 10.2 Å². The fourth-order valence-corrected chi connectivity index (χ4v) is 3.98. The van der Waals surface area contributed by atoms with Gasteiger partial charge in [-0.15, -0.1) is 0 Å². The van der Waals surface area contributed by atoms with Crippen molar-refractivity contribution in [1.29, 1.82) is 0 Å². The van der Waals surface area contributed by atoms with Gasteiger partial charge in [0.15, 0.2) is 11.5 Å². The van der Waals surface area contributed by atoms with Crippen molar-refractivity contribution in [2.24, 2.45) is 0 Å². The first-order chi connectivity index (χ1) is 16.9. The second kappa shape index (κ2) is 15.1. The molecule has 0 saturated heterocycles. The molecule has 2 aromatic carbocycles. The molecule has 2 unspecified atom stereocenters. The van der Waals surface area contributed by atoms with E-state index in [1.165, 1.54) is 0 Å². The van der Waals surface area contributed by atoms with Gasteiger partial charge in [0.1, 0.15) is 6.04 Å². The van der Waals surface area contributed by atoms with Crippen molar-refractivity contribution in [3.63, 3.8) is 0 Å². The molecule has 0 spiro atoms. The van der Waals surface area contributed by atoms with Crippen LogP contribution >= 0.6 is 0 Å². The van der Waals surface area contributed by atoms with Gasteiger partial charge in [0.05, 0.1) is 13.2 Å². The number of nitrogens with zero attached hydrogens (tertiary/aromatic N) is 1. The molecular formula is C29H42N2O4. The number of carbonyl (C=O) groups excluding carboxylic acids is 2. The first kappa shape index (κ1) is 28.2. The fourth-order valence-electron chi connectivity index (χ4n) is 3.98. The Hall–Kier alpha value is -3.02. The van der Waals surface area contributed by atoms with E-state index in [4.69, 9.17) is 9.47 Å². The minimum atomic E-state index is -0.487. The van der Waals surface area contributed by atoms with Gasteiger partial charge in [0.25, 0.3) is 0 Å². The van der Waals surface area contributed by atoms with E-state index in [9.17, 15) is 9.59 Å². The standard InChI is InChI=1S/C29H42N2O4/c1-6-22(5)30-29(33)25(7-2)31(20-19-23-13-11-10-12-14-23)28(32)18-16-24-15-17-26(34-8-3)27(21-24)35-9-4/h10-15,17,21-22,25H,6-9,16,18-20H2,1-5H3,(H,30,33). The largest absolute Gasteiger partial charge is 0.490 e. The summed E-state index contributed by atoms with van der Waals surface area (Å²) in [7, 11) is 0. The van der Waals surface area contributed by atoms with Crippen LogP contribution in [0.5, 0.6) is 11.5 Å². The average molecular weight is 483 g/mol. The maximum absolute atomic E-state index is 13.5. The van der Waals surface area contributed by atoms with Gasteiger partial charge in [-0.25, -0.2) is 0 Å². The predicted octanol–water partition coefficient (Wildman–Crippen LogP) is 5.18. The van der Waals surface area contributed by atoms with E-state index >= 15 is 0 Å². The third kappa shape index (κ3) is 8.93. The summed E-state index contributed by atoms with van der Waals surface area (Å²) in [6.45, 7) is 11.5. The Bertz CT molecular complexity index is 916. The van der Waals surface area contributed by atoms with Gasteiger partial charge < -0.3 is 19.7 Å². The summed E-state index contributed by atoms with van der Waals surface area (Å²) < 4.78 is 11.4. The van der Waals surface area contributed by atoms with Crippen molar-refractivity contribution in [2.45, 2.75) is 78.8 Å². The molecule has 2 rings (SSSR count). The molecule has 6 nitrogen and oxygen atoms in total. The lowest BCUT2D eigenvalue weighted by molar-refractivity contribution is -0.141. The Balaban J connectivity index is 2.17. The molecule has 35 heavy (non-hydrogen) atoms. The van der Waals surface area contributed by atoms with Gasteiger partial charge in [0, 0.05) is 19.0 Å². The lowest BCUT2D eigenvalue weighted by Gasteiger charge is -2.31. The number of carbonyl (C=O) groups is 2. The SMILES string of the molecule is CCOc1ccc(CCC(=O)N(CCc2ccccc2)C(CC)C(=O)NC(C)CC)cc1OCC. The van der Waals surface area contributed by atoms with Crippen LogP contribution in [0, 0.1) is 0 Å². The molecule has 0 aliphatic heterocycles. The Morgan fingerprint density at radius 2 is 1.54 bits per heavy atom. The van der Waals surface area contributed by atoms with Gasteiger partial charge in [0.2, 0.25) is 11.8 Å². The van der Waals surface area contributed by atoms with Crippen LogP contribution in [0.1, 0.15) is 65.0 Å². The van der Waals surface area contributed by atoms with E-state index in [0.717, 1.165) is 17.5 Å². The second-order valence-corrected chi connectivity index (χ2v) is 8.71. The smallest absolute Gasteiger partial charge is 0.243 e.